The van der Waals surface area contributed by atoms with Gasteiger partial charge in [-0.2, -0.15) is 0 Å². The molecule has 0 amide bonds. The molecule has 0 bridgehead atoms. The number of hydrogen-bond acceptors (Lipinski definition) is 6. The molecule has 6 nitrogen and oxygen atoms in total. The average Bonchev–Trinajstić information content (AvgIpc) is 2.64. The van der Waals surface area contributed by atoms with Crippen molar-refractivity contribution < 1.29 is 22.4 Å². The zero-order chi connectivity index (χ0) is 20.5. The van der Waals surface area contributed by atoms with Crippen LogP contribution in [-0.2, 0) is 27.6 Å². The van der Waals surface area contributed by atoms with E-state index in [1.54, 1.807) is 6.07 Å². The summed E-state index contributed by atoms with van der Waals surface area (Å²) >= 11 is 5.89. The second kappa shape index (κ2) is 7.77. The molecule has 0 N–H and O–H groups in total. The molecule has 3 aromatic rings. The molecule has 0 saturated heterocycles. The molecule has 1 heterocycles. The maximum atomic E-state index is 12.4. The van der Waals surface area contributed by atoms with E-state index in [0.29, 0.717) is 16.5 Å². The topological polar surface area (TPSA) is 90.7 Å². The van der Waals surface area contributed by atoms with Crippen molar-refractivity contribution in [1.29, 1.82) is 0 Å². The Bertz CT molecular complexity index is 1230. The Labute approximate surface area is 166 Å². The van der Waals surface area contributed by atoms with Crippen LogP contribution in [0.1, 0.15) is 28.4 Å². The van der Waals surface area contributed by atoms with Crippen molar-refractivity contribution in [2.45, 2.75) is 24.8 Å². The average molecular weight is 421 g/mol. The van der Waals surface area contributed by atoms with E-state index in [1.165, 1.54) is 24.3 Å². The zero-order valence-corrected chi connectivity index (χ0v) is 16.8. The minimum Gasteiger partial charge on any atom is -0.457 e. The second-order valence-corrected chi connectivity index (χ2v) is 8.66. The van der Waals surface area contributed by atoms with Crippen LogP contribution in [0.2, 0.25) is 5.02 Å². The monoisotopic (exact) mass is 420 g/mol. The minimum absolute atomic E-state index is 0.0254. The number of sulfone groups is 1. The Morgan fingerprint density at radius 2 is 1.89 bits per heavy atom. The minimum atomic E-state index is -3.59. The number of hydrogen-bond donors (Lipinski definition) is 0. The molecule has 0 aliphatic heterocycles. The summed E-state index contributed by atoms with van der Waals surface area (Å²) < 4.78 is 34.0. The fourth-order valence-corrected chi connectivity index (χ4v) is 4.06. The molecule has 0 spiro atoms. The number of carbonyl (C=O) groups is 1. The van der Waals surface area contributed by atoms with Crippen molar-refractivity contribution in [1.82, 2.24) is 0 Å². The summed E-state index contributed by atoms with van der Waals surface area (Å²) in [5.41, 5.74) is 1.44. The van der Waals surface area contributed by atoms with Crippen LogP contribution in [0.25, 0.3) is 11.0 Å². The largest absolute Gasteiger partial charge is 0.457 e. The first-order chi connectivity index (χ1) is 13.2. The first kappa shape index (κ1) is 20.1. The Hall–Kier alpha value is -2.64. The molecule has 8 heteroatoms. The molecule has 0 unspecified atom stereocenters. The van der Waals surface area contributed by atoms with E-state index < -0.39 is 21.4 Å². The molecular formula is C20H17ClO6S. The number of ether oxygens (including phenoxy) is 1. The van der Waals surface area contributed by atoms with Gasteiger partial charge in [0, 0.05) is 23.3 Å². The second-order valence-electron chi connectivity index (χ2n) is 6.27. The first-order valence-corrected chi connectivity index (χ1v) is 10.7. The van der Waals surface area contributed by atoms with Gasteiger partial charge in [0.15, 0.2) is 9.84 Å². The smallest absolute Gasteiger partial charge is 0.338 e. The summed E-state index contributed by atoms with van der Waals surface area (Å²) in [6, 6.07) is 10.6. The van der Waals surface area contributed by atoms with Gasteiger partial charge in [0.1, 0.15) is 12.2 Å². The van der Waals surface area contributed by atoms with E-state index >= 15 is 0 Å². The van der Waals surface area contributed by atoms with Gasteiger partial charge in [0.05, 0.1) is 15.5 Å². The van der Waals surface area contributed by atoms with Gasteiger partial charge in [-0.1, -0.05) is 30.7 Å². The highest BCUT2D eigenvalue weighted by atomic mass is 35.5. The van der Waals surface area contributed by atoms with Crippen LogP contribution in [-0.4, -0.2) is 20.6 Å². The molecule has 1 aromatic heterocycles. The van der Waals surface area contributed by atoms with Gasteiger partial charge >= 0.3 is 11.6 Å². The van der Waals surface area contributed by atoms with Crippen LogP contribution >= 0.6 is 11.6 Å². The molecule has 0 radical (unpaired) electrons. The first-order valence-electron chi connectivity index (χ1n) is 8.41. The molecule has 146 valence electrons. The third-order valence-electron chi connectivity index (χ3n) is 4.23. The van der Waals surface area contributed by atoms with Crippen molar-refractivity contribution in [2.75, 3.05) is 6.26 Å². The number of benzene rings is 2. The SMILES string of the molecule is CCc1ccc2c(COC(=O)c3ccc(Cl)c(S(C)(=O)=O)c3)cc(=O)oc2c1. The third kappa shape index (κ3) is 4.26. The lowest BCUT2D eigenvalue weighted by Gasteiger charge is -2.09. The lowest BCUT2D eigenvalue weighted by Crippen LogP contribution is -2.09. The van der Waals surface area contributed by atoms with E-state index in [9.17, 15) is 18.0 Å². The van der Waals surface area contributed by atoms with Crippen LogP contribution in [0.15, 0.2) is 56.6 Å². The number of esters is 1. The van der Waals surface area contributed by atoms with Gasteiger partial charge in [0.2, 0.25) is 0 Å². The van der Waals surface area contributed by atoms with Gasteiger partial charge in [-0.3, -0.25) is 0 Å². The molecule has 2 aromatic carbocycles. The molecular weight excluding hydrogens is 404 g/mol. The summed E-state index contributed by atoms with van der Waals surface area (Å²) in [5.74, 6) is -0.729. The number of fused-ring (bicyclic) bond motifs is 1. The molecule has 0 atom stereocenters. The van der Waals surface area contributed by atoms with E-state index in [2.05, 4.69) is 0 Å². The highest BCUT2D eigenvalue weighted by Gasteiger charge is 2.17. The highest BCUT2D eigenvalue weighted by molar-refractivity contribution is 7.90. The number of halogens is 1. The highest BCUT2D eigenvalue weighted by Crippen LogP contribution is 2.24. The molecule has 0 aliphatic carbocycles. The normalized spacial score (nSPS) is 11.5. The lowest BCUT2D eigenvalue weighted by atomic mass is 10.1. The van der Waals surface area contributed by atoms with E-state index in [1.807, 2.05) is 19.1 Å². The van der Waals surface area contributed by atoms with Crippen LogP contribution < -0.4 is 5.63 Å². The number of carbonyl (C=O) groups excluding carboxylic acids is 1. The maximum absolute atomic E-state index is 12.4. The Balaban J connectivity index is 1.89. The summed E-state index contributed by atoms with van der Waals surface area (Å²) in [5, 5.41) is 0.690. The molecule has 0 fully saturated rings. The Morgan fingerprint density at radius 1 is 1.14 bits per heavy atom. The van der Waals surface area contributed by atoms with Gasteiger partial charge in [-0.25, -0.2) is 18.0 Å². The van der Waals surface area contributed by atoms with E-state index in [-0.39, 0.29) is 22.1 Å². The molecule has 3 rings (SSSR count). The zero-order valence-electron chi connectivity index (χ0n) is 15.2. The van der Waals surface area contributed by atoms with Crippen LogP contribution in [0.4, 0.5) is 0 Å². The van der Waals surface area contributed by atoms with E-state index in [0.717, 1.165) is 18.2 Å². The van der Waals surface area contributed by atoms with Gasteiger partial charge in [-0.05, 0) is 36.2 Å². The molecule has 0 aliphatic rings. The van der Waals surface area contributed by atoms with Crippen molar-refractivity contribution in [3.8, 4) is 0 Å². The summed E-state index contributed by atoms with van der Waals surface area (Å²) in [6.45, 7) is 1.82. The van der Waals surface area contributed by atoms with Crippen LogP contribution in [0, 0.1) is 0 Å². The summed E-state index contributed by atoms with van der Waals surface area (Å²) in [7, 11) is -3.59. The maximum Gasteiger partial charge on any atom is 0.338 e. The lowest BCUT2D eigenvalue weighted by molar-refractivity contribution is 0.0473. The van der Waals surface area contributed by atoms with Crippen LogP contribution in [0.5, 0.6) is 0 Å². The fourth-order valence-electron chi connectivity index (χ4n) is 2.75. The predicted molar refractivity (Wildman–Crippen MR) is 106 cm³/mol. The summed E-state index contributed by atoms with van der Waals surface area (Å²) in [4.78, 5) is 24.0. The molecule has 0 saturated carbocycles. The standard InChI is InChI=1S/C20H17ClO6S/c1-3-12-4-6-15-14(10-19(22)27-17(15)8-12)11-26-20(23)13-5-7-16(21)18(9-13)28(2,24)25/h4-10H,3,11H2,1-2H3. The van der Waals surface area contributed by atoms with Crippen molar-refractivity contribution in [2.24, 2.45) is 0 Å². The Kier molecular flexibility index (Phi) is 5.58. The third-order valence-corrected chi connectivity index (χ3v) is 5.81. The summed E-state index contributed by atoms with van der Waals surface area (Å²) in [6.07, 6.45) is 1.79. The van der Waals surface area contributed by atoms with Crippen LogP contribution in [0.3, 0.4) is 0 Å². The van der Waals surface area contributed by atoms with Gasteiger partial charge in [-0.15, -0.1) is 0 Å². The van der Waals surface area contributed by atoms with Crippen molar-refractivity contribution >= 4 is 38.4 Å². The van der Waals surface area contributed by atoms with E-state index in [4.69, 9.17) is 20.8 Å². The van der Waals surface area contributed by atoms with Gasteiger partial charge < -0.3 is 9.15 Å². The van der Waals surface area contributed by atoms with Gasteiger partial charge in [0.25, 0.3) is 0 Å². The fraction of sp³-hybridized carbons (Fsp3) is 0.200. The Morgan fingerprint density at radius 3 is 2.57 bits per heavy atom. The quantitative estimate of drug-likeness (QED) is 0.461. The molecule has 28 heavy (non-hydrogen) atoms. The van der Waals surface area contributed by atoms with Crippen molar-refractivity contribution in [3.05, 3.63) is 74.6 Å². The number of rotatable bonds is 5. The predicted octanol–water partition coefficient (Wildman–Crippen LogP) is 3.77. The van der Waals surface area contributed by atoms with Crippen molar-refractivity contribution in [3.63, 3.8) is 0 Å². The number of aryl methyl sites for hydroxylation is 1.